The molecule has 0 spiro atoms. The van der Waals surface area contributed by atoms with Gasteiger partial charge >= 0.3 is 0 Å². The molecule has 33 heavy (non-hydrogen) atoms. The summed E-state index contributed by atoms with van der Waals surface area (Å²) in [6.45, 7) is 6.46. The molecule has 0 saturated heterocycles. The Morgan fingerprint density at radius 1 is 0.970 bits per heavy atom. The van der Waals surface area contributed by atoms with E-state index in [2.05, 4.69) is 17.1 Å². The molecule has 1 N–H and O–H groups in total. The topological polar surface area (TPSA) is 68.0 Å². The predicted octanol–water partition coefficient (Wildman–Crippen LogP) is 5.58. The van der Waals surface area contributed by atoms with Crippen LogP contribution in [0.5, 0.6) is 0 Å². The third kappa shape index (κ3) is 3.40. The first-order chi connectivity index (χ1) is 15.8. The summed E-state index contributed by atoms with van der Waals surface area (Å²) in [7, 11) is 0. The van der Waals surface area contributed by atoms with Crippen LogP contribution in [0.15, 0.2) is 24.3 Å². The van der Waals surface area contributed by atoms with Gasteiger partial charge in [-0.1, -0.05) is 19.1 Å². The maximum Gasteiger partial charge on any atom is 0.162 e. The smallest absolute Gasteiger partial charge is 0.162 e. The molecule has 2 aromatic rings. The maximum atomic E-state index is 13.8. The summed E-state index contributed by atoms with van der Waals surface area (Å²) in [6.07, 6.45) is 10.4. The molecule has 0 radical (unpaired) electrons. The molecule has 1 heterocycles. The van der Waals surface area contributed by atoms with Gasteiger partial charge in [0.1, 0.15) is 17.1 Å². The lowest BCUT2D eigenvalue weighted by Gasteiger charge is -2.57. The van der Waals surface area contributed by atoms with E-state index in [0.717, 1.165) is 48.0 Å². The average molecular weight is 450 g/mol. The van der Waals surface area contributed by atoms with Crippen molar-refractivity contribution in [2.24, 2.45) is 40.9 Å². The van der Waals surface area contributed by atoms with Gasteiger partial charge < -0.3 is 5.11 Å². The van der Waals surface area contributed by atoms with E-state index in [-0.39, 0.29) is 17.4 Å². The largest absolute Gasteiger partial charge is 0.390 e. The first-order valence-electron chi connectivity index (χ1n) is 13.3. The fraction of sp³-hybridized carbons (Fsp3) is 0.750. The number of carbonyl (C=O) groups excluding carboxylic acids is 1. The third-order valence-electron chi connectivity index (χ3n) is 10.6. The number of ketones is 1. The molecule has 0 unspecified atom stereocenters. The van der Waals surface area contributed by atoms with Crippen LogP contribution < -0.4 is 0 Å². The molecule has 5 heteroatoms. The van der Waals surface area contributed by atoms with E-state index < -0.39 is 5.60 Å². The highest BCUT2D eigenvalue weighted by Crippen LogP contribution is 2.65. The quantitative estimate of drug-likeness (QED) is 0.664. The van der Waals surface area contributed by atoms with Crippen LogP contribution in [0.4, 0.5) is 0 Å². The number of hydrogen-bond donors (Lipinski definition) is 1. The van der Waals surface area contributed by atoms with Crippen molar-refractivity contribution >= 4 is 16.8 Å². The van der Waals surface area contributed by atoms with Crippen LogP contribution in [0.3, 0.4) is 0 Å². The fourth-order valence-electron chi connectivity index (χ4n) is 9.00. The highest BCUT2D eigenvalue weighted by Gasteiger charge is 2.59. The van der Waals surface area contributed by atoms with Crippen molar-refractivity contribution in [2.45, 2.75) is 90.2 Å². The zero-order chi connectivity index (χ0) is 23.0. The van der Waals surface area contributed by atoms with Gasteiger partial charge in [0.15, 0.2) is 5.78 Å². The van der Waals surface area contributed by atoms with Gasteiger partial charge in [0.2, 0.25) is 0 Å². The lowest BCUT2D eigenvalue weighted by Crippen LogP contribution is -2.51. The van der Waals surface area contributed by atoms with Gasteiger partial charge in [0.05, 0.1) is 5.60 Å². The Morgan fingerprint density at radius 3 is 2.39 bits per heavy atom. The Hall–Kier alpha value is -1.75. The lowest BCUT2D eigenvalue weighted by molar-refractivity contribution is -0.135. The summed E-state index contributed by atoms with van der Waals surface area (Å²) in [5, 5.41) is 19.9. The number of Topliss-reactive ketones (excluding diaryl/α,β-unsaturated/α-hetero) is 1. The molecule has 4 aliphatic rings. The van der Waals surface area contributed by atoms with Crippen molar-refractivity contribution in [2.75, 3.05) is 0 Å². The zero-order valence-electron chi connectivity index (χ0n) is 20.4. The monoisotopic (exact) mass is 449 g/mol. The number of carbonyl (C=O) groups is 1. The number of aliphatic hydroxyl groups is 1. The molecule has 6 rings (SSSR count). The van der Waals surface area contributed by atoms with Gasteiger partial charge in [0, 0.05) is 5.92 Å². The maximum absolute atomic E-state index is 13.8. The van der Waals surface area contributed by atoms with E-state index in [0.29, 0.717) is 17.6 Å². The SMILES string of the molecule is C[C@@H](C(=O)[C@H]1CC[C@H]2[C@H]3CC[C@H]4C[C@@](C)(O)CC[C@@H]4[C@@H]3CC[C@]12C)n1nc2ccccc2n1. The normalized spacial score (nSPS) is 43.5. The molecular formula is C28H39N3O2. The van der Waals surface area contributed by atoms with Crippen LogP contribution in [-0.4, -0.2) is 31.5 Å². The number of nitrogens with zero attached hydrogens (tertiary/aromatic N) is 3. The van der Waals surface area contributed by atoms with Gasteiger partial charge in [-0.25, -0.2) is 0 Å². The van der Waals surface area contributed by atoms with Crippen molar-refractivity contribution in [1.82, 2.24) is 15.0 Å². The Balaban J connectivity index is 1.21. The van der Waals surface area contributed by atoms with Gasteiger partial charge in [-0.2, -0.15) is 15.0 Å². The van der Waals surface area contributed by atoms with Gasteiger partial charge in [-0.15, -0.1) is 0 Å². The Bertz CT molecular complexity index is 1030. The van der Waals surface area contributed by atoms with E-state index in [1.165, 1.54) is 38.5 Å². The summed E-state index contributed by atoms with van der Waals surface area (Å²) in [5.74, 6) is 4.21. The number of rotatable bonds is 3. The van der Waals surface area contributed by atoms with Crippen molar-refractivity contribution in [3.05, 3.63) is 24.3 Å². The van der Waals surface area contributed by atoms with E-state index >= 15 is 0 Å². The Morgan fingerprint density at radius 2 is 1.67 bits per heavy atom. The van der Waals surface area contributed by atoms with Crippen molar-refractivity contribution < 1.29 is 9.90 Å². The number of fused-ring (bicyclic) bond motifs is 6. The molecule has 1 aromatic carbocycles. The number of aromatic nitrogens is 3. The third-order valence-corrected chi connectivity index (χ3v) is 10.6. The van der Waals surface area contributed by atoms with Gasteiger partial charge in [0.25, 0.3) is 0 Å². The van der Waals surface area contributed by atoms with Crippen LogP contribution in [0, 0.1) is 40.9 Å². The first kappa shape index (κ1) is 21.8. The first-order valence-corrected chi connectivity index (χ1v) is 13.3. The number of benzene rings is 1. The number of hydrogen-bond acceptors (Lipinski definition) is 4. The molecule has 1 aromatic heterocycles. The predicted molar refractivity (Wildman–Crippen MR) is 128 cm³/mol. The van der Waals surface area contributed by atoms with E-state index in [1.807, 2.05) is 38.1 Å². The molecule has 4 aliphatic carbocycles. The van der Waals surface area contributed by atoms with Crippen molar-refractivity contribution in [1.29, 1.82) is 0 Å². The average Bonchev–Trinajstić information content (AvgIpc) is 3.38. The summed E-state index contributed by atoms with van der Waals surface area (Å²) >= 11 is 0. The fourth-order valence-corrected chi connectivity index (χ4v) is 9.00. The van der Waals surface area contributed by atoms with E-state index in [9.17, 15) is 9.90 Å². The van der Waals surface area contributed by atoms with Crippen molar-refractivity contribution in [3.63, 3.8) is 0 Å². The molecule has 0 aliphatic heterocycles. The van der Waals surface area contributed by atoms with E-state index in [4.69, 9.17) is 0 Å². The van der Waals surface area contributed by atoms with Crippen LogP contribution in [0.1, 0.15) is 84.6 Å². The highest BCUT2D eigenvalue weighted by atomic mass is 16.3. The van der Waals surface area contributed by atoms with Crippen LogP contribution in [0.2, 0.25) is 0 Å². The second-order valence-corrected chi connectivity index (χ2v) is 12.4. The molecule has 0 amide bonds. The summed E-state index contributed by atoms with van der Waals surface area (Å²) in [5.41, 5.74) is 1.38. The minimum atomic E-state index is -0.455. The van der Waals surface area contributed by atoms with Gasteiger partial charge in [-0.3, -0.25) is 4.79 Å². The Kier molecular flexibility index (Phi) is 5.03. The molecule has 4 saturated carbocycles. The second kappa shape index (κ2) is 7.63. The molecule has 4 fully saturated rings. The summed E-state index contributed by atoms with van der Waals surface area (Å²) < 4.78 is 0. The summed E-state index contributed by atoms with van der Waals surface area (Å²) in [6, 6.07) is 7.55. The van der Waals surface area contributed by atoms with Gasteiger partial charge in [-0.05, 0) is 119 Å². The van der Waals surface area contributed by atoms with Crippen LogP contribution in [-0.2, 0) is 4.79 Å². The Labute approximate surface area is 197 Å². The van der Waals surface area contributed by atoms with Crippen LogP contribution >= 0.6 is 0 Å². The zero-order valence-corrected chi connectivity index (χ0v) is 20.4. The summed E-state index contributed by atoms with van der Waals surface area (Å²) in [4.78, 5) is 15.5. The highest BCUT2D eigenvalue weighted by molar-refractivity contribution is 5.86. The molecule has 178 valence electrons. The minimum absolute atomic E-state index is 0.117. The molecule has 9 atom stereocenters. The standard InChI is InChI=1S/C28H39N3O2/c1-17(31-29-24-6-4-5-7-25(24)30-31)26(32)23-11-10-22-21-9-8-18-16-27(2,33)14-12-19(18)20(21)13-15-28(22,23)3/h4-7,17-23,33H,8-16H2,1-3H3/t17-,18-,19-,20-,21-,22-,23+,27-,28-/m0/s1. The second-order valence-electron chi connectivity index (χ2n) is 12.4. The molecular weight excluding hydrogens is 410 g/mol. The molecule has 5 nitrogen and oxygen atoms in total. The minimum Gasteiger partial charge on any atom is -0.390 e. The lowest BCUT2D eigenvalue weighted by atomic mass is 9.49. The van der Waals surface area contributed by atoms with Crippen LogP contribution in [0.25, 0.3) is 11.0 Å². The molecule has 0 bridgehead atoms. The van der Waals surface area contributed by atoms with Crippen molar-refractivity contribution in [3.8, 4) is 0 Å². The van der Waals surface area contributed by atoms with E-state index in [1.54, 1.807) is 4.80 Å².